The van der Waals surface area contributed by atoms with Crippen LogP contribution < -0.4 is 5.32 Å². The van der Waals surface area contributed by atoms with Gasteiger partial charge in [0.1, 0.15) is 5.82 Å². The quantitative estimate of drug-likeness (QED) is 0.686. The predicted molar refractivity (Wildman–Crippen MR) is 115 cm³/mol. The van der Waals surface area contributed by atoms with Gasteiger partial charge in [-0.2, -0.15) is 0 Å². The van der Waals surface area contributed by atoms with Gasteiger partial charge in [-0.25, -0.2) is 4.98 Å². The van der Waals surface area contributed by atoms with Gasteiger partial charge in [0.2, 0.25) is 11.8 Å². The molecule has 1 aromatic heterocycles. The highest BCUT2D eigenvalue weighted by molar-refractivity contribution is 5.83. The summed E-state index contributed by atoms with van der Waals surface area (Å²) in [5, 5.41) is 3.05. The number of nitrogens with one attached hydrogen (secondary N) is 2. The van der Waals surface area contributed by atoms with Crippen molar-refractivity contribution in [2.24, 2.45) is 11.8 Å². The first-order valence-corrected chi connectivity index (χ1v) is 10.8. The molecule has 2 N–H and O–H groups in total. The van der Waals surface area contributed by atoms with Gasteiger partial charge in [0.25, 0.3) is 0 Å². The van der Waals surface area contributed by atoms with Crippen molar-refractivity contribution in [1.29, 1.82) is 0 Å². The number of nitrogens with zero attached hydrogens (tertiary/aromatic N) is 2. The van der Waals surface area contributed by atoms with E-state index in [9.17, 15) is 9.59 Å². The molecule has 1 atom stereocenters. The van der Waals surface area contributed by atoms with Crippen LogP contribution in [-0.2, 0) is 16.1 Å². The van der Waals surface area contributed by atoms with E-state index in [4.69, 9.17) is 0 Å². The lowest BCUT2D eigenvalue weighted by Crippen LogP contribution is -2.45. The van der Waals surface area contributed by atoms with Gasteiger partial charge in [0, 0.05) is 31.1 Å². The van der Waals surface area contributed by atoms with Crippen molar-refractivity contribution in [2.45, 2.75) is 32.2 Å². The number of H-pyrrole nitrogens is 1. The molecule has 1 saturated carbocycles. The van der Waals surface area contributed by atoms with Crippen LogP contribution in [0.1, 0.15) is 31.2 Å². The summed E-state index contributed by atoms with van der Waals surface area (Å²) in [7, 11) is 0. The number of para-hydroxylation sites is 2. The maximum absolute atomic E-state index is 12.6. The topological polar surface area (TPSA) is 78.1 Å². The van der Waals surface area contributed by atoms with Crippen LogP contribution >= 0.6 is 0 Å². The normalized spacial score (nSPS) is 19.1. The van der Waals surface area contributed by atoms with Crippen molar-refractivity contribution in [3.8, 4) is 11.4 Å². The summed E-state index contributed by atoms with van der Waals surface area (Å²) in [6, 6.07) is 16.1. The van der Waals surface area contributed by atoms with Crippen LogP contribution in [-0.4, -0.2) is 39.8 Å². The number of piperidine rings is 1. The molecule has 1 aliphatic carbocycles. The third-order valence-electron chi connectivity index (χ3n) is 6.11. The van der Waals surface area contributed by atoms with Crippen molar-refractivity contribution < 1.29 is 9.59 Å². The molecule has 154 valence electrons. The number of hydrogen-bond donors (Lipinski definition) is 2. The average molecular weight is 402 g/mol. The molecule has 2 amide bonds. The number of likely N-dealkylation sites (tertiary alicyclic amines) is 1. The van der Waals surface area contributed by atoms with Gasteiger partial charge in [-0.05, 0) is 43.4 Å². The minimum absolute atomic E-state index is 0.0460. The van der Waals surface area contributed by atoms with Crippen LogP contribution in [0.15, 0.2) is 48.5 Å². The summed E-state index contributed by atoms with van der Waals surface area (Å²) in [5.74, 6) is 1.25. The minimum atomic E-state index is -0.101. The molecule has 2 aliphatic rings. The first kappa shape index (κ1) is 18.9. The molecule has 1 saturated heterocycles. The number of carbonyl (C=O) groups is 2. The van der Waals surface area contributed by atoms with E-state index < -0.39 is 0 Å². The highest BCUT2D eigenvalue weighted by atomic mass is 16.2. The molecular weight excluding hydrogens is 376 g/mol. The summed E-state index contributed by atoms with van der Waals surface area (Å²) >= 11 is 0. The third kappa shape index (κ3) is 3.95. The Bertz CT molecular complexity index is 1040. The summed E-state index contributed by atoms with van der Waals surface area (Å²) in [4.78, 5) is 34.8. The average Bonchev–Trinajstić information content (AvgIpc) is 3.55. The first-order chi connectivity index (χ1) is 14.7. The summed E-state index contributed by atoms with van der Waals surface area (Å²) in [6.45, 7) is 1.85. The Labute approximate surface area is 175 Å². The zero-order chi connectivity index (χ0) is 20.5. The number of fused-ring (bicyclic) bond motifs is 1. The molecule has 2 heterocycles. The molecule has 0 bridgehead atoms. The number of amides is 2. The number of carbonyl (C=O) groups excluding carboxylic acids is 2. The minimum Gasteiger partial charge on any atom is -0.352 e. The Morgan fingerprint density at radius 3 is 2.60 bits per heavy atom. The van der Waals surface area contributed by atoms with E-state index in [0.717, 1.165) is 60.2 Å². The molecule has 2 aromatic carbocycles. The smallest absolute Gasteiger partial charge is 0.225 e. The first-order valence-electron chi connectivity index (χ1n) is 10.8. The van der Waals surface area contributed by atoms with E-state index in [2.05, 4.69) is 15.3 Å². The fraction of sp³-hybridized carbons (Fsp3) is 0.375. The molecule has 3 aromatic rings. The second-order valence-corrected chi connectivity index (χ2v) is 8.41. The lowest BCUT2D eigenvalue weighted by molar-refractivity contribution is -0.136. The van der Waals surface area contributed by atoms with Gasteiger partial charge < -0.3 is 15.2 Å². The van der Waals surface area contributed by atoms with E-state index in [1.54, 1.807) is 0 Å². The van der Waals surface area contributed by atoms with E-state index in [0.29, 0.717) is 13.1 Å². The van der Waals surface area contributed by atoms with Crippen LogP contribution in [0.5, 0.6) is 0 Å². The molecule has 30 heavy (non-hydrogen) atoms. The van der Waals surface area contributed by atoms with Gasteiger partial charge in [-0.1, -0.05) is 36.4 Å². The molecule has 2 fully saturated rings. The molecule has 5 rings (SSSR count). The van der Waals surface area contributed by atoms with Crippen molar-refractivity contribution in [1.82, 2.24) is 20.2 Å². The van der Waals surface area contributed by atoms with E-state index in [-0.39, 0.29) is 23.7 Å². The number of hydrogen-bond acceptors (Lipinski definition) is 3. The largest absolute Gasteiger partial charge is 0.352 e. The van der Waals surface area contributed by atoms with Crippen LogP contribution in [0.4, 0.5) is 0 Å². The summed E-state index contributed by atoms with van der Waals surface area (Å²) < 4.78 is 0. The highest BCUT2D eigenvalue weighted by Gasteiger charge is 2.36. The van der Waals surface area contributed by atoms with E-state index in [1.165, 1.54) is 0 Å². The summed E-state index contributed by atoms with van der Waals surface area (Å²) in [5.41, 5.74) is 4.03. The van der Waals surface area contributed by atoms with Crippen LogP contribution in [0.25, 0.3) is 22.4 Å². The molecule has 1 aliphatic heterocycles. The van der Waals surface area contributed by atoms with Gasteiger partial charge >= 0.3 is 0 Å². The lowest BCUT2D eigenvalue weighted by atomic mass is 9.96. The van der Waals surface area contributed by atoms with Crippen LogP contribution in [0.2, 0.25) is 0 Å². The number of imidazole rings is 1. The van der Waals surface area contributed by atoms with E-state index in [1.807, 2.05) is 53.4 Å². The Morgan fingerprint density at radius 2 is 1.83 bits per heavy atom. The highest BCUT2D eigenvalue weighted by Crippen LogP contribution is 2.32. The Morgan fingerprint density at radius 1 is 1.03 bits per heavy atom. The maximum Gasteiger partial charge on any atom is 0.225 e. The van der Waals surface area contributed by atoms with Gasteiger partial charge in [0.05, 0.1) is 17.0 Å². The number of aromatic amines is 1. The second kappa shape index (κ2) is 7.94. The van der Waals surface area contributed by atoms with Crippen LogP contribution in [0.3, 0.4) is 0 Å². The predicted octanol–water partition coefficient (Wildman–Crippen LogP) is 3.49. The van der Waals surface area contributed by atoms with Crippen molar-refractivity contribution >= 4 is 22.8 Å². The zero-order valence-corrected chi connectivity index (χ0v) is 16.9. The fourth-order valence-electron chi connectivity index (χ4n) is 4.18. The Kier molecular flexibility index (Phi) is 4.99. The zero-order valence-electron chi connectivity index (χ0n) is 16.9. The third-order valence-corrected chi connectivity index (χ3v) is 6.11. The van der Waals surface area contributed by atoms with Gasteiger partial charge in [-0.3, -0.25) is 9.59 Å². The Hall–Kier alpha value is -3.15. The van der Waals surface area contributed by atoms with Gasteiger partial charge in [-0.15, -0.1) is 0 Å². The molecule has 1 unspecified atom stereocenters. The van der Waals surface area contributed by atoms with Gasteiger partial charge in [0.15, 0.2) is 0 Å². The second-order valence-electron chi connectivity index (χ2n) is 8.41. The van der Waals surface area contributed by atoms with Crippen molar-refractivity contribution in [3.05, 3.63) is 54.1 Å². The fourth-order valence-corrected chi connectivity index (χ4v) is 4.18. The molecule has 6 heteroatoms. The lowest BCUT2D eigenvalue weighted by Gasteiger charge is -2.32. The van der Waals surface area contributed by atoms with E-state index >= 15 is 0 Å². The number of aromatic nitrogens is 2. The standard InChI is InChI=1S/C24H26N4O2/c29-23(19-4-3-13-28(15-19)24(30)18-11-12-18)25-14-16-7-9-17(10-8-16)22-26-20-5-1-2-6-21(20)27-22/h1-2,5-10,18-19H,3-4,11-15H2,(H,25,29)(H,26,27). The maximum atomic E-state index is 12.6. The number of rotatable bonds is 5. The molecule has 0 radical (unpaired) electrons. The molecular formula is C24H26N4O2. The molecule has 6 nitrogen and oxygen atoms in total. The Balaban J connectivity index is 1.18. The van der Waals surface area contributed by atoms with Crippen molar-refractivity contribution in [3.63, 3.8) is 0 Å². The van der Waals surface area contributed by atoms with Crippen LogP contribution in [0, 0.1) is 11.8 Å². The monoisotopic (exact) mass is 402 g/mol. The summed E-state index contributed by atoms with van der Waals surface area (Å²) in [6.07, 6.45) is 3.78. The SMILES string of the molecule is O=C(NCc1ccc(-c2nc3ccccc3[nH]2)cc1)C1CCCN(C(=O)C2CC2)C1. The number of benzene rings is 2. The van der Waals surface area contributed by atoms with Crippen molar-refractivity contribution in [2.75, 3.05) is 13.1 Å². The molecule has 0 spiro atoms.